The summed E-state index contributed by atoms with van der Waals surface area (Å²) < 4.78 is 0. The fourth-order valence-corrected chi connectivity index (χ4v) is 1.76. The summed E-state index contributed by atoms with van der Waals surface area (Å²) in [6.07, 6.45) is 0. The lowest BCUT2D eigenvalue weighted by Gasteiger charge is -2.13. The molecule has 0 radical (unpaired) electrons. The minimum absolute atomic E-state index is 0.0641. The number of hydrogen-bond donors (Lipinski definition) is 1. The largest absolute Gasteiger partial charge is 0.329 e. The number of carbonyl (C=O) groups excluding carboxylic acids is 2. The summed E-state index contributed by atoms with van der Waals surface area (Å²) in [6.45, 7) is -0.142. The molecule has 1 fully saturated rings. The molecule has 0 aromatic heterocycles. The van der Waals surface area contributed by atoms with E-state index in [0.717, 1.165) is 4.90 Å². The first-order valence-corrected chi connectivity index (χ1v) is 5.38. The highest BCUT2D eigenvalue weighted by Crippen LogP contribution is 2.23. The van der Waals surface area contributed by atoms with Crippen molar-refractivity contribution in [2.75, 3.05) is 6.54 Å². The monoisotopic (exact) mass is 269 g/mol. The van der Waals surface area contributed by atoms with Crippen molar-refractivity contribution in [2.24, 2.45) is 0 Å². The number of nitro benzene ring substituents is 1. The van der Waals surface area contributed by atoms with E-state index in [0.29, 0.717) is 5.56 Å². The molecule has 8 heteroatoms. The van der Waals surface area contributed by atoms with Crippen molar-refractivity contribution in [1.29, 1.82) is 0 Å². The van der Waals surface area contributed by atoms with Crippen LogP contribution in [0, 0.1) is 10.1 Å². The normalized spacial score (nSPS) is 14.8. The Morgan fingerprint density at radius 1 is 1.44 bits per heavy atom. The molecule has 1 aliphatic rings. The van der Waals surface area contributed by atoms with Crippen LogP contribution in [0.3, 0.4) is 0 Å². The number of non-ortho nitro benzene ring substituents is 1. The molecule has 1 N–H and O–H groups in total. The van der Waals surface area contributed by atoms with Crippen molar-refractivity contribution >= 4 is 29.2 Å². The molecule has 1 saturated heterocycles. The fourth-order valence-electron chi connectivity index (χ4n) is 1.58. The maximum absolute atomic E-state index is 11.4. The van der Waals surface area contributed by atoms with E-state index in [1.165, 1.54) is 18.2 Å². The molecule has 18 heavy (non-hydrogen) atoms. The van der Waals surface area contributed by atoms with Gasteiger partial charge in [0.05, 0.1) is 18.0 Å². The van der Waals surface area contributed by atoms with Gasteiger partial charge >= 0.3 is 6.03 Å². The number of nitro groups is 1. The minimum atomic E-state index is -0.564. The standard InChI is InChI=1S/C10H8ClN3O4/c11-8-2-1-7(14(17)18)3-6(8)5-13-9(15)4-12-10(13)16/h1-3H,4-5H2,(H,12,16). The van der Waals surface area contributed by atoms with Gasteiger partial charge in [-0.05, 0) is 11.6 Å². The van der Waals surface area contributed by atoms with Crippen molar-refractivity contribution in [3.63, 3.8) is 0 Å². The van der Waals surface area contributed by atoms with Gasteiger partial charge in [-0.3, -0.25) is 19.8 Å². The number of amides is 3. The zero-order chi connectivity index (χ0) is 13.3. The molecule has 1 aromatic rings. The lowest BCUT2D eigenvalue weighted by Crippen LogP contribution is -2.30. The van der Waals surface area contributed by atoms with E-state index in [4.69, 9.17) is 11.6 Å². The minimum Gasteiger partial charge on any atom is -0.329 e. The second-order valence-electron chi connectivity index (χ2n) is 3.67. The Balaban J connectivity index is 2.28. The average molecular weight is 270 g/mol. The highest BCUT2D eigenvalue weighted by molar-refractivity contribution is 6.31. The number of urea groups is 1. The van der Waals surface area contributed by atoms with Crippen molar-refractivity contribution in [2.45, 2.75) is 6.54 Å². The maximum Gasteiger partial charge on any atom is 0.324 e. The fraction of sp³-hybridized carbons (Fsp3) is 0.200. The molecule has 1 aliphatic heterocycles. The van der Waals surface area contributed by atoms with Crippen LogP contribution in [-0.4, -0.2) is 28.3 Å². The third kappa shape index (κ3) is 2.25. The topological polar surface area (TPSA) is 92.6 Å². The molecule has 1 heterocycles. The van der Waals surface area contributed by atoms with Gasteiger partial charge in [0, 0.05) is 17.2 Å². The maximum atomic E-state index is 11.4. The molecule has 1 aromatic carbocycles. The summed E-state index contributed by atoms with van der Waals surface area (Å²) in [5.74, 6) is -0.387. The van der Waals surface area contributed by atoms with Crippen LogP contribution in [0.4, 0.5) is 10.5 Å². The summed E-state index contributed by atoms with van der Waals surface area (Å²) >= 11 is 5.88. The quantitative estimate of drug-likeness (QED) is 0.508. The van der Waals surface area contributed by atoms with E-state index >= 15 is 0 Å². The lowest BCUT2D eigenvalue weighted by molar-refractivity contribution is -0.384. The van der Waals surface area contributed by atoms with E-state index < -0.39 is 11.0 Å². The number of nitrogens with one attached hydrogen (secondary N) is 1. The van der Waals surface area contributed by atoms with Crippen LogP contribution in [0.1, 0.15) is 5.56 Å². The smallest absolute Gasteiger partial charge is 0.324 e. The molecule has 0 saturated carbocycles. The number of benzene rings is 1. The van der Waals surface area contributed by atoms with Gasteiger partial charge in [-0.15, -0.1) is 0 Å². The van der Waals surface area contributed by atoms with Crippen LogP contribution < -0.4 is 5.32 Å². The van der Waals surface area contributed by atoms with Gasteiger partial charge < -0.3 is 5.32 Å². The van der Waals surface area contributed by atoms with Crippen LogP contribution in [0.5, 0.6) is 0 Å². The average Bonchev–Trinajstić information content (AvgIpc) is 2.63. The number of carbonyl (C=O) groups is 2. The van der Waals surface area contributed by atoms with E-state index in [9.17, 15) is 19.7 Å². The van der Waals surface area contributed by atoms with E-state index in [-0.39, 0.29) is 29.7 Å². The zero-order valence-corrected chi connectivity index (χ0v) is 9.81. The first-order chi connectivity index (χ1) is 8.49. The molecular weight excluding hydrogens is 262 g/mol. The summed E-state index contributed by atoms with van der Waals surface area (Å²) in [6, 6.07) is 3.36. The summed E-state index contributed by atoms with van der Waals surface area (Å²) in [7, 11) is 0. The summed E-state index contributed by atoms with van der Waals surface area (Å²) in [5.41, 5.74) is 0.220. The first kappa shape index (κ1) is 12.3. The van der Waals surface area contributed by atoms with Gasteiger partial charge in [-0.25, -0.2) is 4.79 Å². The van der Waals surface area contributed by atoms with Gasteiger partial charge in [-0.2, -0.15) is 0 Å². The molecular formula is C10H8ClN3O4. The highest BCUT2D eigenvalue weighted by atomic mass is 35.5. The predicted octanol–water partition coefficient (Wildman–Crippen LogP) is 1.30. The van der Waals surface area contributed by atoms with Crippen molar-refractivity contribution in [3.8, 4) is 0 Å². The van der Waals surface area contributed by atoms with Crippen LogP contribution in [0.25, 0.3) is 0 Å². The Morgan fingerprint density at radius 2 is 2.17 bits per heavy atom. The van der Waals surface area contributed by atoms with Gasteiger partial charge in [0.1, 0.15) is 0 Å². The third-order valence-corrected chi connectivity index (χ3v) is 2.87. The van der Waals surface area contributed by atoms with Crippen molar-refractivity contribution in [3.05, 3.63) is 38.9 Å². The van der Waals surface area contributed by atoms with Crippen LogP contribution >= 0.6 is 11.6 Å². The second kappa shape index (κ2) is 4.61. The number of imide groups is 1. The number of hydrogen-bond acceptors (Lipinski definition) is 4. The van der Waals surface area contributed by atoms with E-state index in [1.807, 2.05) is 0 Å². The SMILES string of the molecule is O=C1CNC(=O)N1Cc1cc([N+](=O)[O-])ccc1Cl. The summed E-state index contributed by atoms with van der Waals surface area (Å²) in [5, 5.41) is 13.3. The van der Waals surface area contributed by atoms with Crippen molar-refractivity contribution < 1.29 is 14.5 Å². The molecule has 0 bridgehead atoms. The number of halogens is 1. The summed E-state index contributed by atoms with van der Waals surface area (Å²) in [4.78, 5) is 33.8. The Labute approximate surface area is 106 Å². The van der Waals surface area contributed by atoms with E-state index in [1.54, 1.807) is 0 Å². The molecule has 0 atom stereocenters. The van der Waals surface area contributed by atoms with Crippen LogP contribution in [0.15, 0.2) is 18.2 Å². The van der Waals surface area contributed by atoms with Gasteiger partial charge in [0.25, 0.3) is 5.69 Å². The second-order valence-corrected chi connectivity index (χ2v) is 4.08. The molecule has 3 amide bonds. The van der Waals surface area contributed by atoms with Gasteiger partial charge in [-0.1, -0.05) is 11.6 Å². The predicted molar refractivity (Wildman–Crippen MR) is 62.1 cm³/mol. The molecule has 7 nitrogen and oxygen atoms in total. The lowest BCUT2D eigenvalue weighted by atomic mass is 10.2. The number of nitrogens with zero attached hydrogens (tertiary/aromatic N) is 2. The van der Waals surface area contributed by atoms with E-state index in [2.05, 4.69) is 5.32 Å². The molecule has 2 rings (SSSR count). The third-order valence-electron chi connectivity index (χ3n) is 2.51. The first-order valence-electron chi connectivity index (χ1n) is 5.00. The Bertz CT molecular complexity index is 530. The molecule has 94 valence electrons. The zero-order valence-electron chi connectivity index (χ0n) is 9.05. The molecule has 0 aliphatic carbocycles. The van der Waals surface area contributed by atoms with Crippen LogP contribution in [0.2, 0.25) is 5.02 Å². The van der Waals surface area contributed by atoms with Crippen LogP contribution in [-0.2, 0) is 11.3 Å². The van der Waals surface area contributed by atoms with Gasteiger partial charge in [0.2, 0.25) is 5.91 Å². The Kier molecular flexibility index (Phi) is 3.15. The molecule has 0 unspecified atom stereocenters. The Hall–Kier alpha value is -2.15. The molecule has 0 spiro atoms. The number of rotatable bonds is 3. The highest BCUT2D eigenvalue weighted by Gasteiger charge is 2.29. The van der Waals surface area contributed by atoms with Gasteiger partial charge in [0.15, 0.2) is 0 Å². The van der Waals surface area contributed by atoms with Crippen molar-refractivity contribution in [1.82, 2.24) is 10.2 Å². The Morgan fingerprint density at radius 3 is 2.72 bits per heavy atom.